The molecule has 80 valence electrons. The van der Waals surface area contributed by atoms with Crippen molar-refractivity contribution in [2.75, 3.05) is 7.11 Å². The van der Waals surface area contributed by atoms with E-state index < -0.39 is 0 Å². The molecule has 1 N–H and O–H groups in total. The summed E-state index contributed by atoms with van der Waals surface area (Å²) in [6.45, 7) is 0. The van der Waals surface area contributed by atoms with Crippen molar-refractivity contribution in [2.45, 2.75) is 31.8 Å². The predicted octanol–water partition coefficient (Wildman–Crippen LogP) is 2.32. The third kappa shape index (κ3) is 1.28. The fraction of sp³-hybridized carbons (Fsp3) is 0.538. The summed E-state index contributed by atoms with van der Waals surface area (Å²) in [5.74, 6) is 1.63. The monoisotopic (exact) mass is 204 g/mol. The molecule has 0 spiro atoms. The summed E-state index contributed by atoms with van der Waals surface area (Å²) in [5.41, 5.74) is 4.00. The summed E-state index contributed by atoms with van der Waals surface area (Å²) < 4.78 is 5.32. The highest BCUT2D eigenvalue weighted by atomic mass is 16.5. The zero-order valence-corrected chi connectivity index (χ0v) is 8.99. The van der Waals surface area contributed by atoms with Crippen LogP contribution in [0, 0.1) is 5.92 Å². The second-order valence-corrected chi connectivity index (χ2v) is 4.60. The zero-order chi connectivity index (χ0) is 10.4. The van der Waals surface area contributed by atoms with E-state index in [4.69, 9.17) is 4.74 Å². The van der Waals surface area contributed by atoms with Crippen molar-refractivity contribution < 1.29 is 9.84 Å². The fourth-order valence-corrected chi connectivity index (χ4v) is 3.11. The molecule has 15 heavy (non-hydrogen) atoms. The number of ether oxygens (including phenoxy) is 1. The first-order valence-corrected chi connectivity index (χ1v) is 5.65. The highest BCUT2D eigenvalue weighted by Crippen LogP contribution is 2.48. The first kappa shape index (κ1) is 9.22. The van der Waals surface area contributed by atoms with Gasteiger partial charge in [0.25, 0.3) is 0 Å². The largest absolute Gasteiger partial charge is 0.501 e. The highest BCUT2D eigenvalue weighted by molar-refractivity contribution is 5.52. The molecule has 0 bridgehead atoms. The number of hydrogen-bond acceptors (Lipinski definition) is 2. The molecular formula is C13H16O2. The molecule has 1 saturated carbocycles. The smallest absolute Gasteiger partial charge is 0.0996 e. The van der Waals surface area contributed by atoms with Gasteiger partial charge in [-0.1, -0.05) is 6.08 Å². The van der Waals surface area contributed by atoms with Crippen molar-refractivity contribution in [2.24, 2.45) is 5.92 Å². The standard InChI is InChI=1S/C13H16O2/c1-15-10-4-5-11-12(14)7-9-3-2-8(6-10)13(9)11/h5-6,9,12,14H,2-4,7H2,1H3. The first-order valence-electron chi connectivity index (χ1n) is 5.65. The molecule has 0 aromatic carbocycles. The van der Waals surface area contributed by atoms with Crippen molar-refractivity contribution in [3.63, 3.8) is 0 Å². The summed E-state index contributed by atoms with van der Waals surface area (Å²) in [6.07, 6.45) is 8.20. The van der Waals surface area contributed by atoms with Crippen molar-refractivity contribution in [1.29, 1.82) is 0 Å². The van der Waals surface area contributed by atoms with Crippen molar-refractivity contribution in [1.82, 2.24) is 0 Å². The van der Waals surface area contributed by atoms with Gasteiger partial charge in [0.2, 0.25) is 0 Å². The lowest BCUT2D eigenvalue weighted by molar-refractivity contribution is 0.206. The Hall–Kier alpha value is -1.02. The van der Waals surface area contributed by atoms with Gasteiger partial charge >= 0.3 is 0 Å². The Kier molecular flexibility index (Phi) is 1.99. The lowest BCUT2D eigenvalue weighted by atomic mass is 10.0. The number of hydrogen-bond donors (Lipinski definition) is 1. The molecule has 3 rings (SSSR count). The average molecular weight is 204 g/mol. The summed E-state index contributed by atoms with van der Waals surface area (Å²) in [5, 5.41) is 9.96. The van der Waals surface area contributed by atoms with Crippen molar-refractivity contribution >= 4 is 0 Å². The predicted molar refractivity (Wildman–Crippen MR) is 58.2 cm³/mol. The molecule has 0 radical (unpaired) electrons. The maximum atomic E-state index is 9.96. The van der Waals surface area contributed by atoms with E-state index in [0.29, 0.717) is 5.92 Å². The topological polar surface area (TPSA) is 29.5 Å². The van der Waals surface area contributed by atoms with Gasteiger partial charge in [-0.15, -0.1) is 0 Å². The third-order valence-corrected chi connectivity index (χ3v) is 3.81. The maximum Gasteiger partial charge on any atom is 0.0996 e. The van der Waals surface area contributed by atoms with Crippen LogP contribution >= 0.6 is 0 Å². The summed E-state index contributed by atoms with van der Waals surface area (Å²) >= 11 is 0. The Morgan fingerprint density at radius 3 is 3.13 bits per heavy atom. The minimum Gasteiger partial charge on any atom is -0.501 e. The summed E-state index contributed by atoms with van der Waals surface area (Å²) in [7, 11) is 1.72. The van der Waals surface area contributed by atoms with E-state index in [0.717, 1.165) is 25.0 Å². The van der Waals surface area contributed by atoms with Gasteiger partial charge in [-0.2, -0.15) is 0 Å². The molecular weight excluding hydrogens is 188 g/mol. The van der Waals surface area contributed by atoms with E-state index in [1.165, 1.54) is 23.1 Å². The number of methoxy groups -OCH3 is 1. The minimum absolute atomic E-state index is 0.232. The molecule has 0 amide bonds. The van der Waals surface area contributed by atoms with Crippen LogP contribution in [-0.2, 0) is 4.74 Å². The van der Waals surface area contributed by atoms with E-state index in [9.17, 15) is 5.11 Å². The minimum atomic E-state index is -0.232. The molecule has 2 nitrogen and oxygen atoms in total. The molecule has 0 aromatic heterocycles. The number of rotatable bonds is 1. The highest BCUT2D eigenvalue weighted by Gasteiger charge is 2.38. The number of aliphatic hydroxyl groups excluding tert-OH is 1. The van der Waals surface area contributed by atoms with Crippen LogP contribution in [0.3, 0.4) is 0 Å². The molecule has 2 heteroatoms. The maximum absolute atomic E-state index is 9.96. The second kappa shape index (κ2) is 3.24. The van der Waals surface area contributed by atoms with Crippen LogP contribution in [0.1, 0.15) is 25.7 Å². The van der Waals surface area contributed by atoms with Gasteiger partial charge in [-0.05, 0) is 48.0 Å². The van der Waals surface area contributed by atoms with Crippen LogP contribution in [-0.4, -0.2) is 18.3 Å². The molecule has 1 fully saturated rings. The zero-order valence-electron chi connectivity index (χ0n) is 8.99. The van der Waals surface area contributed by atoms with Crippen molar-refractivity contribution in [3.05, 3.63) is 34.6 Å². The van der Waals surface area contributed by atoms with E-state index in [1.54, 1.807) is 7.11 Å². The van der Waals surface area contributed by atoms with E-state index in [-0.39, 0.29) is 6.10 Å². The lowest BCUT2D eigenvalue weighted by Gasteiger charge is -2.04. The van der Waals surface area contributed by atoms with Crippen LogP contribution in [0.2, 0.25) is 0 Å². The van der Waals surface area contributed by atoms with E-state index in [2.05, 4.69) is 12.2 Å². The van der Waals surface area contributed by atoms with Gasteiger partial charge < -0.3 is 9.84 Å². The van der Waals surface area contributed by atoms with Crippen LogP contribution < -0.4 is 0 Å². The number of aliphatic hydroxyl groups is 1. The number of allylic oxidation sites excluding steroid dienone is 3. The third-order valence-electron chi connectivity index (χ3n) is 3.81. The van der Waals surface area contributed by atoms with Gasteiger partial charge in [0, 0.05) is 6.42 Å². The molecule has 0 aliphatic heterocycles. The Morgan fingerprint density at radius 1 is 1.47 bits per heavy atom. The first-order chi connectivity index (χ1) is 7.29. The van der Waals surface area contributed by atoms with Crippen LogP contribution in [0.25, 0.3) is 0 Å². The molecule has 0 heterocycles. The molecule has 2 unspecified atom stereocenters. The Morgan fingerprint density at radius 2 is 2.33 bits per heavy atom. The molecule has 3 aliphatic rings. The lowest BCUT2D eigenvalue weighted by Crippen LogP contribution is -2.03. The molecule has 0 aromatic rings. The Bertz CT molecular complexity index is 387. The Labute approximate surface area is 89.9 Å². The quantitative estimate of drug-likeness (QED) is 0.710. The SMILES string of the molecule is COC1=CC2=C3C(=CC1)C(O)CC3CC2. The van der Waals surface area contributed by atoms with Gasteiger partial charge in [-0.25, -0.2) is 0 Å². The Balaban J connectivity index is 2.09. The van der Waals surface area contributed by atoms with Crippen LogP contribution in [0.15, 0.2) is 34.6 Å². The molecule has 0 saturated heterocycles. The normalized spacial score (nSPS) is 33.5. The average Bonchev–Trinajstić information content (AvgIpc) is 2.67. The summed E-state index contributed by atoms with van der Waals surface area (Å²) in [6, 6.07) is 0. The van der Waals surface area contributed by atoms with Gasteiger partial charge in [-0.3, -0.25) is 0 Å². The summed E-state index contributed by atoms with van der Waals surface area (Å²) in [4.78, 5) is 0. The van der Waals surface area contributed by atoms with Crippen LogP contribution in [0.4, 0.5) is 0 Å². The van der Waals surface area contributed by atoms with Gasteiger partial charge in [0.1, 0.15) is 0 Å². The fourth-order valence-electron chi connectivity index (χ4n) is 3.11. The van der Waals surface area contributed by atoms with Crippen LogP contribution in [0.5, 0.6) is 0 Å². The van der Waals surface area contributed by atoms with E-state index >= 15 is 0 Å². The van der Waals surface area contributed by atoms with E-state index in [1.807, 2.05) is 0 Å². The van der Waals surface area contributed by atoms with Gasteiger partial charge in [0.15, 0.2) is 0 Å². The van der Waals surface area contributed by atoms with Gasteiger partial charge in [0.05, 0.1) is 19.0 Å². The van der Waals surface area contributed by atoms with Crippen molar-refractivity contribution in [3.8, 4) is 0 Å². The molecule has 3 aliphatic carbocycles. The second-order valence-electron chi connectivity index (χ2n) is 4.60. The molecule has 2 atom stereocenters.